The van der Waals surface area contributed by atoms with Crippen molar-refractivity contribution in [2.24, 2.45) is 0 Å². The lowest BCUT2D eigenvalue weighted by molar-refractivity contribution is -0.133. The predicted octanol–water partition coefficient (Wildman–Crippen LogP) is -1.10. The van der Waals surface area contributed by atoms with Crippen molar-refractivity contribution in [2.45, 2.75) is 6.54 Å². The summed E-state index contributed by atoms with van der Waals surface area (Å²) in [6.07, 6.45) is 1.42. The highest BCUT2D eigenvalue weighted by molar-refractivity contribution is 5.76. The molecule has 0 unspecified atom stereocenters. The van der Waals surface area contributed by atoms with Gasteiger partial charge < -0.3 is 25.0 Å². The number of ether oxygens (including phenoxy) is 1. The molecule has 0 aromatic carbocycles. The first-order valence-corrected chi connectivity index (χ1v) is 5.92. The Labute approximate surface area is 111 Å². The number of hydrogen-bond acceptors (Lipinski definition) is 5. The summed E-state index contributed by atoms with van der Waals surface area (Å²) >= 11 is 0. The van der Waals surface area contributed by atoms with Crippen LogP contribution in [0.5, 0.6) is 0 Å². The van der Waals surface area contributed by atoms with E-state index in [1.165, 1.54) is 34.9 Å². The molecule has 0 saturated heterocycles. The lowest BCUT2D eigenvalue weighted by Gasteiger charge is -2.21. The maximum atomic E-state index is 12.0. The molecule has 0 aliphatic heterocycles. The number of pyridine rings is 1. The van der Waals surface area contributed by atoms with Crippen molar-refractivity contribution < 1.29 is 14.6 Å². The molecule has 1 aromatic rings. The summed E-state index contributed by atoms with van der Waals surface area (Å²) in [6.45, 7) is 0.707. The molecule has 0 atom stereocenters. The number of aromatic nitrogens is 1. The van der Waals surface area contributed by atoms with Crippen LogP contribution in [0.15, 0.2) is 23.1 Å². The molecule has 0 spiro atoms. The van der Waals surface area contributed by atoms with Gasteiger partial charge in [-0.15, -0.1) is 0 Å². The molecule has 0 fully saturated rings. The number of amides is 1. The van der Waals surface area contributed by atoms with Crippen molar-refractivity contribution in [3.63, 3.8) is 0 Å². The van der Waals surface area contributed by atoms with Crippen molar-refractivity contribution in [3.8, 4) is 0 Å². The second-order valence-electron chi connectivity index (χ2n) is 4.03. The smallest absolute Gasteiger partial charge is 0.251 e. The number of aliphatic hydroxyl groups excluding tert-OH is 1. The van der Waals surface area contributed by atoms with Gasteiger partial charge in [-0.1, -0.05) is 0 Å². The monoisotopic (exact) mass is 269 g/mol. The molecular formula is C12H19N3O4. The lowest BCUT2D eigenvalue weighted by Crippen LogP contribution is -2.39. The fraction of sp³-hybridized carbons (Fsp3) is 0.500. The topological polar surface area (TPSA) is 97.8 Å². The van der Waals surface area contributed by atoms with Gasteiger partial charge in [-0.25, -0.2) is 0 Å². The van der Waals surface area contributed by atoms with Gasteiger partial charge in [0.2, 0.25) is 5.91 Å². The molecule has 7 nitrogen and oxygen atoms in total. The van der Waals surface area contributed by atoms with Crippen LogP contribution < -0.4 is 11.3 Å². The van der Waals surface area contributed by atoms with Crippen LogP contribution in [-0.4, -0.2) is 53.9 Å². The minimum Gasteiger partial charge on any atom is -0.398 e. The zero-order valence-corrected chi connectivity index (χ0v) is 10.9. The number of rotatable bonds is 7. The number of carbonyl (C=O) groups excluding carboxylic acids is 1. The average molecular weight is 269 g/mol. The molecule has 1 aromatic heterocycles. The maximum absolute atomic E-state index is 12.0. The molecular weight excluding hydrogens is 250 g/mol. The minimum atomic E-state index is -0.293. The number of nitrogens with zero attached hydrogens (tertiary/aromatic N) is 2. The van der Waals surface area contributed by atoms with E-state index in [9.17, 15) is 9.59 Å². The molecule has 0 radical (unpaired) electrons. The van der Waals surface area contributed by atoms with Gasteiger partial charge in [0.25, 0.3) is 5.56 Å². The first kappa shape index (κ1) is 15.2. The molecule has 1 rings (SSSR count). The first-order valence-electron chi connectivity index (χ1n) is 5.92. The van der Waals surface area contributed by atoms with Crippen LogP contribution in [-0.2, 0) is 16.1 Å². The Kier molecular flexibility index (Phi) is 6.04. The van der Waals surface area contributed by atoms with E-state index in [-0.39, 0.29) is 31.2 Å². The quantitative estimate of drug-likeness (QED) is 0.654. The second-order valence-corrected chi connectivity index (χ2v) is 4.03. The van der Waals surface area contributed by atoms with Crippen molar-refractivity contribution in [1.82, 2.24) is 9.47 Å². The van der Waals surface area contributed by atoms with Gasteiger partial charge in [-0.3, -0.25) is 9.59 Å². The third-order valence-corrected chi connectivity index (χ3v) is 2.60. The second kappa shape index (κ2) is 7.55. The molecule has 1 amide bonds. The van der Waals surface area contributed by atoms with Gasteiger partial charge in [-0.05, 0) is 6.07 Å². The zero-order valence-electron chi connectivity index (χ0n) is 10.9. The van der Waals surface area contributed by atoms with Crippen LogP contribution in [0.3, 0.4) is 0 Å². The van der Waals surface area contributed by atoms with Gasteiger partial charge >= 0.3 is 0 Å². The number of hydrogen-bond donors (Lipinski definition) is 2. The van der Waals surface area contributed by atoms with E-state index in [1.54, 1.807) is 0 Å². The molecule has 3 N–H and O–H groups in total. The largest absolute Gasteiger partial charge is 0.398 e. The highest BCUT2D eigenvalue weighted by Gasteiger charge is 2.13. The minimum absolute atomic E-state index is 0.104. The van der Waals surface area contributed by atoms with Gasteiger partial charge in [0.1, 0.15) is 6.54 Å². The van der Waals surface area contributed by atoms with Crippen molar-refractivity contribution in [2.75, 3.05) is 39.1 Å². The average Bonchev–Trinajstić information content (AvgIpc) is 2.38. The molecule has 1 heterocycles. The highest BCUT2D eigenvalue weighted by atomic mass is 16.5. The standard InChI is InChI=1S/C12H19N3O4/c1-19-7-5-14(4-6-16)12(18)9-15-8-10(13)2-3-11(15)17/h2-3,8,16H,4-7,9,13H2,1H3. The van der Waals surface area contributed by atoms with Crippen LogP contribution in [0.4, 0.5) is 5.69 Å². The van der Waals surface area contributed by atoms with Crippen molar-refractivity contribution in [3.05, 3.63) is 28.7 Å². The number of carbonyl (C=O) groups is 1. The normalized spacial score (nSPS) is 10.4. The molecule has 0 saturated carbocycles. The van der Waals surface area contributed by atoms with Crippen LogP contribution in [0.1, 0.15) is 0 Å². The Bertz CT molecular complexity index is 472. The third kappa shape index (κ3) is 4.72. The van der Waals surface area contributed by atoms with E-state index < -0.39 is 0 Å². The lowest BCUT2D eigenvalue weighted by atomic mass is 10.4. The van der Waals surface area contributed by atoms with E-state index >= 15 is 0 Å². The molecule has 19 heavy (non-hydrogen) atoms. The molecule has 106 valence electrons. The first-order chi connectivity index (χ1) is 9.08. The SMILES string of the molecule is COCCN(CCO)C(=O)Cn1cc(N)ccc1=O. The van der Waals surface area contributed by atoms with Gasteiger partial charge in [-0.2, -0.15) is 0 Å². The van der Waals surface area contributed by atoms with E-state index in [2.05, 4.69) is 0 Å². The molecule has 0 aliphatic carbocycles. The van der Waals surface area contributed by atoms with Crippen LogP contribution in [0.2, 0.25) is 0 Å². The summed E-state index contributed by atoms with van der Waals surface area (Å²) in [5, 5.41) is 8.93. The van der Waals surface area contributed by atoms with E-state index in [0.29, 0.717) is 18.8 Å². The maximum Gasteiger partial charge on any atom is 0.251 e. The Balaban J connectivity index is 2.74. The van der Waals surface area contributed by atoms with Gasteiger partial charge in [0, 0.05) is 38.1 Å². The summed E-state index contributed by atoms with van der Waals surface area (Å²) in [4.78, 5) is 25.0. The molecule has 7 heteroatoms. The summed E-state index contributed by atoms with van der Waals surface area (Å²) in [5.74, 6) is -0.265. The Morgan fingerprint density at radius 3 is 2.84 bits per heavy atom. The molecule has 0 bridgehead atoms. The number of aliphatic hydroxyl groups is 1. The summed E-state index contributed by atoms with van der Waals surface area (Å²) in [5.41, 5.74) is 5.70. The van der Waals surface area contributed by atoms with E-state index in [0.717, 1.165) is 0 Å². The van der Waals surface area contributed by atoms with Crippen molar-refractivity contribution >= 4 is 11.6 Å². The van der Waals surface area contributed by atoms with E-state index in [4.69, 9.17) is 15.6 Å². The van der Waals surface area contributed by atoms with Gasteiger partial charge in [0.05, 0.1) is 13.2 Å². The Hall–Kier alpha value is -1.86. The van der Waals surface area contributed by atoms with Gasteiger partial charge in [0.15, 0.2) is 0 Å². The number of anilines is 1. The fourth-order valence-electron chi connectivity index (χ4n) is 1.60. The molecule has 0 aliphatic rings. The van der Waals surface area contributed by atoms with Crippen LogP contribution in [0, 0.1) is 0 Å². The Morgan fingerprint density at radius 1 is 1.47 bits per heavy atom. The van der Waals surface area contributed by atoms with E-state index in [1.807, 2.05) is 0 Å². The van der Waals surface area contributed by atoms with Crippen LogP contribution >= 0.6 is 0 Å². The zero-order chi connectivity index (χ0) is 14.3. The number of nitrogen functional groups attached to an aromatic ring is 1. The number of methoxy groups -OCH3 is 1. The number of nitrogens with two attached hydrogens (primary N) is 1. The predicted molar refractivity (Wildman–Crippen MR) is 70.7 cm³/mol. The van der Waals surface area contributed by atoms with Crippen molar-refractivity contribution in [1.29, 1.82) is 0 Å². The summed E-state index contributed by atoms with van der Waals surface area (Å²) < 4.78 is 6.14. The fourth-order valence-corrected chi connectivity index (χ4v) is 1.60. The third-order valence-electron chi connectivity index (χ3n) is 2.60. The Morgan fingerprint density at radius 2 is 2.21 bits per heavy atom. The highest BCUT2D eigenvalue weighted by Crippen LogP contribution is 1.98. The van der Waals surface area contributed by atoms with Crippen LogP contribution in [0.25, 0.3) is 0 Å². The summed E-state index contributed by atoms with van der Waals surface area (Å²) in [6, 6.07) is 2.80. The summed E-state index contributed by atoms with van der Waals surface area (Å²) in [7, 11) is 1.53.